The van der Waals surface area contributed by atoms with Crippen LogP contribution in [0.15, 0.2) is 22.7 Å². The van der Waals surface area contributed by atoms with Crippen molar-refractivity contribution in [3.63, 3.8) is 0 Å². The van der Waals surface area contributed by atoms with E-state index >= 15 is 0 Å². The molecule has 0 amide bonds. The zero-order chi connectivity index (χ0) is 14.0. The summed E-state index contributed by atoms with van der Waals surface area (Å²) in [4.78, 5) is 15.9. The maximum absolute atomic E-state index is 11.5. The fraction of sp³-hybridized carbons (Fsp3) is 0.286. The molecule has 0 aliphatic heterocycles. The van der Waals surface area contributed by atoms with E-state index in [2.05, 4.69) is 20.9 Å². The highest BCUT2D eigenvalue weighted by atomic mass is 79.9. The van der Waals surface area contributed by atoms with Crippen LogP contribution in [0.5, 0.6) is 0 Å². The minimum Gasteiger partial charge on any atom is -0.466 e. The number of nitrogens with zero attached hydrogens (tertiary/aromatic N) is 1. The van der Waals surface area contributed by atoms with Crippen LogP contribution in [-0.4, -0.2) is 17.6 Å². The molecule has 0 unspecified atom stereocenters. The number of benzene rings is 1. The van der Waals surface area contributed by atoms with E-state index in [0.717, 1.165) is 26.5 Å². The van der Waals surface area contributed by atoms with Gasteiger partial charge in [0.15, 0.2) is 0 Å². The average molecular weight is 323 g/mol. The van der Waals surface area contributed by atoms with Crippen molar-refractivity contribution < 1.29 is 9.53 Å². The fourth-order valence-electron chi connectivity index (χ4n) is 1.87. The van der Waals surface area contributed by atoms with Gasteiger partial charge in [0.25, 0.3) is 0 Å². The van der Waals surface area contributed by atoms with Gasteiger partial charge >= 0.3 is 5.97 Å². The average Bonchev–Trinajstić information content (AvgIpc) is 2.33. The zero-order valence-corrected chi connectivity index (χ0v) is 12.5. The molecule has 1 heterocycles. The number of hydrogen-bond donors (Lipinski definition) is 1. The third kappa shape index (κ3) is 3.04. The van der Waals surface area contributed by atoms with Gasteiger partial charge in [0, 0.05) is 9.86 Å². The second-order valence-corrected chi connectivity index (χ2v) is 5.16. The van der Waals surface area contributed by atoms with Crippen molar-refractivity contribution in [1.29, 1.82) is 0 Å². The first kappa shape index (κ1) is 13.8. The Morgan fingerprint density at radius 3 is 2.84 bits per heavy atom. The molecule has 2 N–H and O–H groups in total. The van der Waals surface area contributed by atoms with Gasteiger partial charge in [0.05, 0.1) is 18.5 Å². The Balaban J connectivity index is 2.43. The number of esters is 1. The number of carbonyl (C=O) groups is 1. The van der Waals surface area contributed by atoms with Gasteiger partial charge in [-0.15, -0.1) is 0 Å². The Morgan fingerprint density at radius 1 is 1.42 bits per heavy atom. The number of pyridine rings is 1. The summed E-state index contributed by atoms with van der Waals surface area (Å²) in [6, 6.07) is 5.79. The number of rotatable bonds is 3. The molecule has 19 heavy (non-hydrogen) atoms. The van der Waals surface area contributed by atoms with E-state index in [1.807, 2.05) is 25.1 Å². The minimum atomic E-state index is -0.234. The number of fused-ring (bicyclic) bond motifs is 1. The number of anilines is 1. The van der Waals surface area contributed by atoms with E-state index in [0.29, 0.717) is 12.4 Å². The molecule has 0 radical (unpaired) electrons. The highest BCUT2D eigenvalue weighted by Gasteiger charge is 2.10. The van der Waals surface area contributed by atoms with Crippen LogP contribution in [-0.2, 0) is 16.0 Å². The third-order valence-electron chi connectivity index (χ3n) is 2.85. The quantitative estimate of drug-likeness (QED) is 0.882. The predicted molar refractivity (Wildman–Crippen MR) is 78.9 cm³/mol. The molecule has 4 nitrogen and oxygen atoms in total. The van der Waals surface area contributed by atoms with Crippen LogP contribution in [0.2, 0.25) is 0 Å². The molecule has 0 bridgehead atoms. The Morgan fingerprint density at radius 2 is 2.16 bits per heavy atom. The molecule has 2 aromatic rings. The van der Waals surface area contributed by atoms with Crippen LogP contribution >= 0.6 is 15.9 Å². The first-order valence-corrected chi connectivity index (χ1v) is 6.81. The summed E-state index contributed by atoms with van der Waals surface area (Å²) in [5.74, 6) is 0.292. The van der Waals surface area contributed by atoms with E-state index in [4.69, 9.17) is 10.5 Å². The van der Waals surface area contributed by atoms with Gasteiger partial charge in [-0.05, 0) is 43.2 Å². The molecule has 0 saturated heterocycles. The molecule has 0 saturated carbocycles. The fourth-order valence-corrected chi connectivity index (χ4v) is 2.34. The van der Waals surface area contributed by atoms with Gasteiger partial charge in [0.1, 0.15) is 5.82 Å². The summed E-state index contributed by atoms with van der Waals surface area (Å²) in [7, 11) is 0. The first-order valence-electron chi connectivity index (χ1n) is 6.02. The lowest BCUT2D eigenvalue weighted by atomic mass is 10.1. The maximum atomic E-state index is 11.5. The number of ether oxygens (including phenoxy) is 1. The van der Waals surface area contributed by atoms with Gasteiger partial charge in [-0.2, -0.15) is 0 Å². The van der Waals surface area contributed by atoms with Gasteiger partial charge < -0.3 is 10.5 Å². The molecule has 5 heteroatoms. The molecule has 0 atom stereocenters. The van der Waals surface area contributed by atoms with Crippen LogP contribution in [0.25, 0.3) is 10.9 Å². The number of aryl methyl sites for hydroxylation is 1. The highest BCUT2D eigenvalue weighted by Crippen LogP contribution is 2.26. The Hall–Kier alpha value is -1.62. The van der Waals surface area contributed by atoms with Crippen molar-refractivity contribution in [2.75, 3.05) is 12.3 Å². The zero-order valence-electron chi connectivity index (χ0n) is 10.9. The molecule has 100 valence electrons. The second-order valence-electron chi connectivity index (χ2n) is 4.31. The molecule has 1 aromatic carbocycles. The molecule has 2 rings (SSSR count). The number of hydrogen-bond acceptors (Lipinski definition) is 4. The Kier molecular flexibility index (Phi) is 4.04. The Bertz CT molecular complexity index is 641. The molecular formula is C14H15BrN2O2. The van der Waals surface area contributed by atoms with Crippen molar-refractivity contribution in [3.8, 4) is 0 Å². The molecule has 0 fully saturated rings. The second kappa shape index (κ2) is 5.57. The lowest BCUT2D eigenvalue weighted by Crippen LogP contribution is -2.08. The Labute approximate surface area is 120 Å². The number of nitrogens with two attached hydrogens (primary N) is 1. The number of aromatic nitrogens is 1. The summed E-state index contributed by atoms with van der Waals surface area (Å²) < 4.78 is 5.80. The molecule has 0 aliphatic rings. The lowest BCUT2D eigenvalue weighted by molar-refractivity contribution is -0.142. The van der Waals surface area contributed by atoms with E-state index in [9.17, 15) is 4.79 Å². The van der Waals surface area contributed by atoms with Crippen LogP contribution < -0.4 is 5.73 Å². The van der Waals surface area contributed by atoms with Gasteiger partial charge in [0.2, 0.25) is 0 Å². The summed E-state index contributed by atoms with van der Waals surface area (Å²) in [6.45, 7) is 4.10. The smallest absolute Gasteiger partial charge is 0.310 e. The number of nitrogen functional groups attached to an aromatic ring is 1. The molecular weight excluding hydrogens is 308 g/mol. The normalized spacial score (nSPS) is 10.7. The largest absolute Gasteiger partial charge is 0.466 e. The number of halogens is 1. The van der Waals surface area contributed by atoms with Gasteiger partial charge in [-0.1, -0.05) is 15.9 Å². The molecule has 0 spiro atoms. The number of carbonyl (C=O) groups excluding carboxylic acids is 1. The van der Waals surface area contributed by atoms with Crippen molar-refractivity contribution in [1.82, 2.24) is 4.98 Å². The summed E-state index contributed by atoms with van der Waals surface area (Å²) in [5, 5.41) is 0.967. The van der Waals surface area contributed by atoms with E-state index in [1.165, 1.54) is 0 Å². The lowest BCUT2D eigenvalue weighted by Gasteiger charge is -2.08. The standard InChI is InChI=1S/C14H15BrN2O2/c1-3-19-13(18)6-9-5-10-4-8(2)14(16)17-12(10)7-11(9)15/h4-5,7H,3,6H2,1-2H3,(H2,16,17). The van der Waals surface area contributed by atoms with Crippen molar-refractivity contribution in [3.05, 3.63) is 33.8 Å². The van der Waals surface area contributed by atoms with Crippen LogP contribution in [0, 0.1) is 6.92 Å². The summed E-state index contributed by atoms with van der Waals surface area (Å²) in [5.41, 5.74) is 8.42. The summed E-state index contributed by atoms with van der Waals surface area (Å²) in [6.07, 6.45) is 0.244. The molecule has 1 aromatic heterocycles. The van der Waals surface area contributed by atoms with Crippen LogP contribution in [0.3, 0.4) is 0 Å². The maximum Gasteiger partial charge on any atom is 0.310 e. The minimum absolute atomic E-state index is 0.234. The monoisotopic (exact) mass is 322 g/mol. The third-order valence-corrected chi connectivity index (χ3v) is 3.59. The van der Waals surface area contributed by atoms with Crippen LogP contribution in [0.4, 0.5) is 5.82 Å². The van der Waals surface area contributed by atoms with Crippen molar-refractivity contribution >= 4 is 38.6 Å². The van der Waals surface area contributed by atoms with Crippen molar-refractivity contribution in [2.45, 2.75) is 20.3 Å². The SMILES string of the molecule is CCOC(=O)Cc1cc2cc(C)c(N)nc2cc1Br. The topological polar surface area (TPSA) is 65.2 Å². The predicted octanol–water partition coefficient (Wildman–Crippen LogP) is 2.99. The van der Waals surface area contributed by atoms with E-state index < -0.39 is 0 Å². The summed E-state index contributed by atoms with van der Waals surface area (Å²) >= 11 is 3.45. The van der Waals surface area contributed by atoms with Crippen LogP contribution in [0.1, 0.15) is 18.1 Å². The van der Waals surface area contributed by atoms with E-state index in [1.54, 1.807) is 6.92 Å². The van der Waals surface area contributed by atoms with Gasteiger partial charge in [-0.25, -0.2) is 4.98 Å². The highest BCUT2D eigenvalue weighted by molar-refractivity contribution is 9.10. The van der Waals surface area contributed by atoms with E-state index in [-0.39, 0.29) is 12.4 Å². The van der Waals surface area contributed by atoms with Crippen molar-refractivity contribution in [2.24, 2.45) is 0 Å². The molecule has 0 aliphatic carbocycles. The van der Waals surface area contributed by atoms with Gasteiger partial charge in [-0.3, -0.25) is 4.79 Å². The first-order chi connectivity index (χ1) is 9.01.